The summed E-state index contributed by atoms with van der Waals surface area (Å²) in [5.41, 5.74) is 5.46. The van der Waals surface area contributed by atoms with Gasteiger partial charge >= 0.3 is 0 Å². The van der Waals surface area contributed by atoms with Crippen molar-refractivity contribution < 1.29 is 23.5 Å². The number of carbonyl (C=O) groups is 2. The molecule has 0 saturated carbocycles. The van der Waals surface area contributed by atoms with E-state index in [1.807, 2.05) is 0 Å². The van der Waals surface area contributed by atoms with Crippen molar-refractivity contribution in [2.24, 2.45) is 5.73 Å². The molecule has 0 bridgehead atoms. The number of hydrogen-bond acceptors (Lipinski definition) is 5. The topological polar surface area (TPSA) is 104 Å². The summed E-state index contributed by atoms with van der Waals surface area (Å²) in [4.78, 5) is 23.3. The van der Waals surface area contributed by atoms with Gasteiger partial charge in [-0.2, -0.15) is 0 Å². The van der Waals surface area contributed by atoms with Gasteiger partial charge in [0.15, 0.2) is 6.61 Å². The maximum absolute atomic E-state index is 11.9. The van der Waals surface area contributed by atoms with E-state index in [-0.39, 0.29) is 29.9 Å². The molecule has 3 N–H and O–H groups in total. The van der Waals surface area contributed by atoms with Crippen molar-refractivity contribution in [1.82, 2.24) is 5.32 Å². The van der Waals surface area contributed by atoms with Gasteiger partial charge in [-0.15, -0.1) is 0 Å². The van der Waals surface area contributed by atoms with Crippen LogP contribution in [0.1, 0.15) is 29.1 Å². The van der Waals surface area contributed by atoms with Crippen LogP contribution >= 0.6 is 0 Å². The lowest BCUT2D eigenvalue weighted by molar-refractivity contribution is -0.123. The van der Waals surface area contributed by atoms with E-state index in [1.54, 1.807) is 25.1 Å². The number of amides is 2. The van der Waals surface area contributed by atoms with Gasteiger partial charge in [-0.05, 0) is 31.2 Å². The van der Waals surface area contributed by atoms with Crippen LogP contribution in [0.15, 0.2) is 41.0 Å². The average Bonchev–Trinajstić information content (AvgIpc) is 3.07. The highest BCUT2D eigenvalue weighted by molar-refractivity contribution is 5.96. The van der Waals surface area contributed by atoms with E-state index in [4.69, 9.17) is 19.6 Å². The van der Waals surface area contributed by atoms with E-state index >= 15 is 0 Å². The fourth-order valence-corrected chi connectivity index (χ4v) is 1.99. The summed E-state index contributed by atoms with van der Waals surface area (Å²) >= 11 is 0. The third kappa shape index (κ3) is 4.26. The predicted octanol–water partition coefficient (Wildman–Crippen LogP) is 1.64. The maximum atomic E-state index is 11.9. The molecule has 1 unspecified atom stereocenters. The number of carbonyl (C=O) groups excluding carboxylic acids is 2. The molecule has 122 valence electrons. The second-order valence-corrected chi connectivity index (χ2v) is 4.82. The zero-order valence-corrected chi connectivity index (χ0v) is 12.9. The Balaban J connectivity index is 1.99. The van der Waals surface area contributed by atoms with Gasteiger partial charge in [-0.3, -0.25) is 9.59 Å². The lowest BCUT2D eigenvalue weighted by Gasteiger charge is -2.14. The highest BCUT2D eigenvalue weighted by atomic mass is 16.5. The van der Waals surface area contributed by atoms with Gasteiger partial charge < -0.3 is 24.9 Å². The Morgan fingerprint density at radius 1 is 1.35 bits per heavy atom. The van der Waals surface area contributed by atoms with Crippen LogP contribution in [-0.4, -0.2) is 25.5 Å². The first-order valence-corrected chi connectivity index (χ1v) is 6.94. The SMILES string of the molecule is COc1ccc(C(N)=O)c(OCC(=O)NC(C)c2ccco2)c1. The number of methoxy groups -OCH3 is 1. The molecule has 1 atom stereocenters. The Hall–Kier alpha value is -2.96. The van der Waals surface area contributed by atoms with Crippen LogP contribution in [0.25, 0.3) is 0 Å². The van der Waals surface area contributed by atoms with E-state index in [9.17, 15) is 9.59 Å². The molecule has 23 heavy (non-hydrogen) atoms. The second-order valence-electron chi connectivity index (χ2n) is 4.82. The van der Waals surface area contributed by atoms with Crippen molar-refractivity contribution in [2.75, 3.05) is 13.7 Å². The van der Waals surface area contributed by atoms with Gasteiger partial charge in [0.05, 0.1) is 25.0 Å². The lowest BCUT2D eigenvalue weighted by Crippen LogP contribution is -2.31. The van der Waals surface area contributed by atoms with Crippen LogP contribution in [0.5, 0.6) is 11.5 Å². The Kier molecular flexibility index (Phi) is 5.24. The number of nitrogens with one attached hydrogen (secondary N) is 1. The zero-order valence-electron chi connectivity index (χ0n) is 12.9. The van der Waals surface area contributed by atoms with E-state index in [0.29, 0.717) is 11.5 Å². The van der Waals surface area contributed by atoms with Crippen molar-refractivity contribution in [1.29, 1.82) is 0 Å². The number of primary amides is 1. The molecular weight excluding hydrogens is 300 g/mol. The minimum atomic E-state index is -0.646. The van der Waals surface area contributed by atoms with Crippen molar-refractivity contribution >= 4 is 11.8 Å². The maximum Gasteiger partial charge on any atom is 0.258 e. The molecule has 0 saturated heterocycles. The smallest absolute Gasteiger partial charge is 0.258 e. The molecule has 0 aliphatic heterocycles. The number of benzene rings is 1. The molecule has 2 rings (SSSR count). The molecule has 2 amide bonds. The number of nitrogens with two attached hydrogens (primary N) is 1. The van der Waals surface area contributed by atoms with Gasteiger partial charge in [-0.1, -0.05) is 0 Å². The lowest BCUT2D eigenvalue weighted by atomic mass is 10.2. The summed E-state index contributed by atoms with van der Waals surface area (Å²) in [5.74, 6) is 0.323. The van der Waals surface area contributed by atoms with E-state index in [2.05, 4.69) is 5.32 Å². The van der Waals surface area contributed by atoms with E-state index in [1.165, 1.54) is 25.5 Å². The number of furan rings is 1. The van der Waals surface area contributed by atoms with Crippen molar-refractivity contribution in [2.45, 2.75) is 13.0 Å². The summed E-state index contributed by atoms with van der Waals surface area (Å²) in [7, 11) is 1.49. The highest BCUT2D eigenvalue weighted by Crippen LogP contribution is 2.24. The Bertz CT molecular complexity index is 682. The molecule has 1 aromatic carbocycles. The van der Waals surface area contributed by atoms with Gasteiger partial charge in [0.25, 0.3) is 11.8 Å². The third-order valence-electron chi connectivity index (χ3n) is 3.16. The molecule has 2 aromatic rings. The van der Waals surface area contributed by atoms with Crippen molar-refractivity contribution in [3.05, 3.63) is 47.9 Å². The first-order valence-electron chi connectivity index (χ1n) is 6.94. The molecule has 1 heterocycles. The van der Waals surface area contributed by atoms with Crippen LogP contribution in [0.4, 0.5) is 0 Å². The second kappa shape index (κ2) is 7.35. The highest BCUT2D eigenvalue weighted by Gasteiger charge is 2.15. The molecule has 0 spiro atoms. The van der Waals surface area contributed by atoms with Crippen LogP contribution in [-0.2, 0) is 4.79 Å². The fraction of sp³-hybridized carbons (Fsp3) is 0.250. The zero-order chi connectivity index (χ0) is 16.8. The van der Waals surface area contributed by atoms with E-state index < -0.39 is 5.91 Å². The third-order valence-corrected chi connectivity index (χ3v) is 3.16. The van der Waals surface area contributed by atoms with Crippen LogP contribution in [0.2, 0.25) is 0 Å². The Labute approximate surface area is 133 Å². The summed E-state index contributed by atoms with van der Waals surface area (Å²) in [5, 5.41) is 2.72. The fourth-order valence-electron chi connectivity index (χ4n) is 1.99. The number of hydrogen-bond donors (Lipinski definition) is 2. The minimum absolute atomic E-state index is 0.178. The number of rotatable bonds is 7. The van der Waals surface area contributed by atoms with E-state index in [0.717, 1.165) is 0 Å². The molecule has 0 fully saturated rings. The van der Waals surface area contributed by atoms with Gasteiger partial charge in [-0.25, -0.2) is 0 Å². The molecule has 0 radical (unpaired) electrons. The minimum Gasteiger partial charge on any atom is -0.497 e. The van der Waals surface area contributed by atoms with Gasteiger partial charge in [0.1, 0.15) is 17.3 Å². The normalized spacial score (nSPS) is 11.6. The average molecular weight is 318 g/mol. The molecule has 0 aliphatic rings. The summed E-state index contributed by atoms with van der Waals surface area (Å²) < 4.78 is 15.7. The Morgan fingerprint density at radius 3 is 2.74 bits per heavy atom. The summed E-state index contributed by atoms with van der Waals surface area (Å²) in [6, 6.07) is 7.79. The predicted molar refractivity (Wildman–Crippen MR) is 82.3 cm³/mol. The quantitative estimate of drug-likeness (QED) is 0.807. The molecule has 1 aromatic heterocycles. The largest absolute Gasteiger partial charge is 0.497 e. The van der Waals surface area contributed by atoms with Crippen molar-refractivity contribution in [3.8, 4) is 11.5 Å². The number of ether oxygens (including phenoxy) is 2. The molecular formula is C16H18N2O5. The van der Waals surface area contributed by atoms with Crippen LogP contribution in [0.3, 0.4) is 0 Å². The first kappa shape index (κ1) is 16.4. The van der Waals surface area contributed by atoms with Gasteiger partial charge in [0.2, 0.25) is 0 Å². The Morgan fingerprint density at radius 2 is 2.13 bits per heavy atom. The monoisotopic (exact) mass is 318 g/mol. The summed E-state index contributed by atoms with van der Waals surface area (Å²) in [6.07, 6.45) is 1.53. The van der Waals surface area contributed by atoms with Crippen LogP contribution in [0, 0.1) is 0 Å². The van der Waals surface area contributed by atoms with Crippen LogP contribution < -0.4 is 20.5 Å². The van der Waals surface area contributed by atoms with Gasteiger partial charge in [0, 0.05) is 6.07 Å². The standard InChI is InChI=1S/C16H18N2O5/c1-10(13-4-3-7-22-13)18-15(19)9-23-14-8-11(21-2)5-6-12(14)16(17)20/h3-8,10H,9H2,1-2H3,(H2,17,20)(H,18,19). The molecule has 0 aliphatic carbocycles. The van der Waals surface area contributed by atoms with Crippen molar-refractivity contribution in [3.63, 3.8) is 0 Å². The summed E-state index contributed by atoms with van der Waals surface area (Å²) in [6.45, 7) is 1.52. The molecule has 7 nitrogen and oxygen atoms in total. The first-order chi connectivity index (χ1) is 11.0. The molecule has 7 heteroatoms.